The summed E-state index contributed by atoms with van der Waals surface area (Å²) in [5.41, 5.74) is -0.900. The minimum atomic E-state index is -4.28. The van der Waals surface area contributed by atoms with Crippen LogP contribution >= 0.6 is 20.1 Å². The van der Waals surface area contributed by atoms with E-state index in [9.17, 15) is 14.4 Å². The van der Waals surface area contributed by atoms with Crippen molar-refractivity contribution >= 4 is 20.1 Å². The molecule has 0 saturated heterocycles. The van der Waals surface area contributed by atoms with E-state index < -0.39 is 13.4 Å². The van der Waals surface area contributed by atoms with Crippen molar-refractivity contribution in [2.24, 2.45) is 10.5 Å². The van der Waals surface area contributed by atoms with Crippen LogP contribution in [0.4, 0.5) is 0 Å². The van der Waals surface area contributed by atoms with Gasteiger partial charge in [0, 0.05) is 11.2 Å². The largest absolute Gasteiger partial charge is 0.485 e. The van der Waals surface area contributed by atoms with Crippen molar-refractivity contribution in [3.8, 4) is 0 Å². The van der Waals surface area contributed by atoms with Gasteiger partial charge in [-0.15, -0.1) is 4.91 Å². The van der Waals surface area contributed by atoms with Crippen LogP contribution in [0.5, 0.6) is 0 Å². The molecule has 0 aromatic heterocycles. The highest BCUT2D eigenvalue weighted by molar-refractivity contribution is 7.96. The Kier molecular flexibility index (Phi) is 10.7. The predicted molar refractivity (Wildman–Crippen MR) is 88.2 cm³/mol. The summed E-state index contributed by atoms with van der Waals surface area (Å²) >= 11 is -0.0154. The van der Waals surface area contributed by atoms with Gasteiger partial charge >= 0.3 is 7.82 Å². The van der Waals surface area contributed by atoms with Crippen molar-refractivity contribution in [3.63, 3.8) is 0 Å². The molecular formula is C13H28NO6PS. The Morgan fingerprint density at radius 2 is 1.95 bits per heavy atom. The molecule has 1 unspecified atom stereocenters. The zero-order chi connectivity index (χ0) is 17.2. The molecule has 1 saturated carbocycles. The first-order valence-corrected chi connectivity index (χ1v) is 9.60. The summed E-state index contributed by atoms with van der Waals surface area (Å²) in [7, 11) is -4.28. The minimum Gasteiger partial charge on any atom is -0.379 e. The van der Waals surface area contributed by atoms with Crippen LogP contribution in [0.1, 0.15) is 60.3 Å². The molecule has 0 heterocycles. The lowest BCUT2D eigenvalue weighted by molar-refractivity contribution is 0.0111. The van der Waals surface area contributed by atoms with Crippen molar-refractivity contribution < 1.29 is 22.7 Å². The van der Waals surface area contributed by atoms with Crippen LogP contribution in [0.15, 0.2) is 4.58 Å². The number of rotatable bonds is 9. The zero-order valence-corrected chi connectivity index (χ0v) is 15.7. The molecule has 9 heteroatoms. The van der Waals surface area contributed by atoms with Gasteiger partial charge in [0.25, 0.3) is 0 Å². The van der Waals surface area contributed by atoms with Crippen LogP contribution < -0.4 is 0 Å². The highest BCUT2D eigenvalue weighted by Crippen LogP contribution is 2.51. The lowest BCUT2D eigenvalue weighted by atomic mass is 9.88. The van der Waals surface area contributed by atoms with Gasteiger partial charge in [0.1, 0.15) is 0 Å². The fourth-order valence-corrected chi connectivity index (χ4v) is 2.87. The van der Waals surface area contributed by atoms with Crippen LogP contribution in [0.3, 0.4) is 0 Å². The molecule has 1 atom stereocenters. The van der Waals surface area contributed by atoms with E-state index in [0.29, 0.717) is 13.0 Å². The van der Waals surface area contributed by atoms with Crippen LogP contribution in [0.25, 0.3) is 0 Å². The highest BCUT2D eigenvalue weighted by atomic mass is 32.2. The Balaban J connectivity index is 0.000000734. The van der Waals surface area contributed by atoms with Gasteiger partial charge < -0.3 is 9.63 Å². The van der Waals surface area contributed by atoms with Gasteiger partial charge in [-0.3, -0.25) is 4.52 Å². The Bertz CT molecular complexity index is 362. The lowest BCUT2D eigenvalue weighted by Crippen LogP contribution is -2.26. The van der Waals surface area contributed by atoms with Gasteiger partial charge in [0.05, 0.1) is 11.7 Å². The third-order valence-corrected chi connectivity index (χ3v) is 4.88. The summed E-state index contributed by atoms with van der Waals surface area (Å²) in [6, 6.07) is 0. The van der Waals surface area contributed by atoms with Crippen molar-refractivity contribution in [1.82, 2.24) is 0 Å². The highest BCUT2D eigenvalue weighted by Gasteiger charge is 2.32. The molecule has 0 aliphatic heterocycles. The van der Waals surface area contributed by atoms with E-state index in [1.54, 1.807) is 13.8 Å². The van der Waals surface area contributed by atoms with Crippen molar-refractivity contribution in [3.05, 3.63) is 4.91 Å². The van der Waals surface area contributed by atoms with Crippen molar-refractivity contribution in [2.45, 2.75) is 72.0 Å². The van der Waals surface area contributed by atoms with Gasteiger partial charge in [-0.25, -0.2) is 4.57 Å². The predicted octanol–water partition coefficient (Wildman–Crippen LogP) is 4.85. The fourth-order valence-electron chi connectivity index (χ4n) is 1.58. The van der Waals surface area contributed by atoms with E-state index >= 15 is 0 Å². The molecule has 1 N–H and O–H groups in total. The Hall–Kier alpha value is 0.0200. The Labute approximate surface area is 137 Å². The topological polar surface area (TPSA) is 94.4 Å². The molecule has 1 aliphatic rings. The van der Waals surface area contributed by atoms with Gasteiger partial charge in [0.2, 0.25) is 0 Å². The number of hydrogen-bond donors (Lipinski definition) is 1. The summed E-state index contributed by atoms with van der Waals surface area (Å²) in [4.78, 5) is 19.0. The summed E-state index contributed by atoms with van der Waals surface area (Å²) in [6.07, 6.45) is 4.96. The molecule has 7 nitrogen and oxygen atoms in total. The molecule has 132 valence electrons. The van der Waals surface area contributed by atoms with Crippen molar-refractivity contribution in [2.75, 3.05) is 6.61 Å². The molecule has 0 aromatic rings. The van der Waals surface area contributed by atoms with Gasteiger partial charge in [-0.05, 0) is 40.0 Å². The molecule has 0 spiro atoms. The molecule has 0 amide bonds. The third kappa shape index (κ3) is 12.6. The molecular weight excluding hydrogens is 329 g/mol. The number of hydrogen-bond acceptors (Lipinski definition) is 7. The first-order valence-electron chi connectivity index (χ1n) is 7.41. The van der Waals surface area contributed by atoms with Gasteiger partial charge in [-0.2, -0.15) is 3.97 Å². The Morgan fingerprint density at radius 1 is 1.41 bits per heavy atom. The molecule has 1 fully saturated rings. The molecule has 0 radical (unpaired) electrons. The van der Waals surface area contributed by atoms with Gasteiger partial charge in [0.15, 0.2) is 12.2 Å². The second-order valence-electron chi connectivity index (χ2n) is 6.25. The van der Waals surface area contributed by atoms with E-state index in [0.717, 1.165) is 5.92 Å². The van der Waals surface area contributed by atoms with Crippen LogP contribution in [-0.2, 0) is 17.8 Å². The summed E-state index contributed by atoms with van der Waals surface area (Å²) in [5, 5.41) is 0. The molecule has 0 bridgehead atoms. The number of phosphoric acid groups is 1. The maximum atomic E-state index is 11.3. The van der Waals surface area contributed by atoms with E-state index in [2.05, 4.69) is 15.5 Å². The normalized spacial score (nSPS) is 18.1. The number of nitrogens with zero attached hydrogens (tertiary/aromatic N) is 1. The molecule has 1 aliphatic carbocycles. The van der Waals surface area contributed by atoms with Crippen LogP contribution in [0.2, 0.25) is 0 Å². The fraction of sp³-hybridized carbons (Fsp3) is 1.00. The van der Waals surface area contributed by atoms with Crippen LogP contribution in [-0.4, -0.2) is 23.2 Å². The number of nitroso groups, excluding NO2 is 1. The first-order chi connectivity index (χ1) is 10.1. The summed E-state index contributed by atoms with van der Waals surface area (Å²) in [5.74, 6) is 1.06. The van der Waals surface area contributed by atoms with E-state index in [1.807, 2.05) is 13.8 Å². The first kappa shape index (κ1) is 22.0. The van der Waals surface area contributed by atoms with Crippen LogP contribution in [0, 0.1) is 10.8 Å². The molecule has 1 rings (SSSR count). The maximum absolute atomic E-state index is 11.3. The second kappa shape index (κ2) is 10.7. The van der Waals surface area contributed by atoms with E-state index in [4.69, 9.17) is 9.26 Å². The minimum absolute atomic E-state index is 0.0154. The van der Waals surface area contributed by atoms with Gasteiger partial charge in [-0.1, -0.05) is 26.2 Å². The SMILES string of the molecule is CC(C)OCCC(C)(C)OP(=O)(O)OSN=O.CC1CCC1. The average Bonchev–Trinajstić information content (AvgIpc) is 2.32. The zero-order valence-electron chi connectivity index (χ0n) is 14.0. The standard InChI is InChI=1S/C8H18NO6PS.C5H10/c1-7(2)13-6-5-8(3,4)14-16(11,12)15-17-9-10;1-5-3-2-4-5/h7H,5-6H2,1-4H3,(H,11,12);5H,2-4H2,1H3. The second-order valence-corrected chi connectivity index (χ2v) is 8.26. The summed E-state index contributed by atoms with van der Waals surface area (Å²) in [6.45, 7) is 9.73. The third-order valence-electron chi connectivity index (χ3n) is 3.07. The summed E-state index contributed by atoms with van der Waals surface area (Å²) < 4.78 is 28.0. The molecule has 0 aromatic carbocycles. The smallest absolute Gasteiger partial charge is 0.379 e. The van der Waals surface area contributed by atoms with E-state index in [1.165, 1.54) is 19.3 Å². The molecule has 22 heavy (non-hydrogen) atoms. The number of phosphoric ester groups is 1. The van der Waals surface area contributed by atoms with Crippen molar-refractivity contribution in [1.29, 1.82) is 0 Å². The number of ether oxygens (including phenoxy) is 1. The average molecular weight is 357 g/mol. The maximum Gasteiger partial charge on any atom is 0.485 e. The quantitative estimate of drug-likeness (QED) is 0.273. The van der Waals surface area contributed by atoms with E-state index in [-0.39, 0.29) is 18.3 Å². The monoisotopic (exact) mass is 357 g/mol. The Morgan fingerprint density at radius 3 is 2.32 bits per heavy atom. The lowest BCUT2D eigenvalue weighted by Gasteiger charge is -2.26.